The molecule has 0 aromatic carbocycles. The van der Waals surface area contributed by atoms with Gasteiger partial charge in [0.1, 0.15) is 11.5 Å². The van der Waals surface area contributed by atoms with Gasteiger partial charge in [-0.1, -0.05) is 19.8 Å². The molecule has 0 radical (unpaired) electrons. The van der Waals surface area contributed by atoms with Crippen molar-refractivity contribution >= 4 is 11.8 Å². The van der Waals surface area contributed by atoms with Crippen molar-refractivity contribution in [2.45, 2.75) is 52.6 Å². The van der Waals surface area contributed by atoms with Crippen molar-refractivity contribution in [3.63, 3.8) is 0 Å². The van der Waals surface area contributed by atoms with Crippen LogP contribution in [0.5, 0.6) is 0 Å². The smallest absolute Gasteiger partial charge is 0.316 e. The number of Topliss-reactive ketones (excluding diaryl/α,β-unsaturated/α-hetero) is 1. The van der Waals surface area contributed by atoms with E-state index < -0.39 is 17.5 Å². The van der Waals surface area contributed by atoms with Crippen molar-refractivity contribution in [3.8, 4) is 0 Å². The van der Waals surface area contributed by atoms with E-state index in [9.17, 15) is 9.59 Å². The van der Waals surface area contributed by atoms with Crippen LogP contribution in [-0.2, 0) is 19.1 Å². The first-order chi connectivity index (χ1) is 7.90. The number of esters is 1. The van der Waals surface area contributed by atoms with Crippen LogP contribution in [0.2, 0.25) is 0 Å². The number of carbonyl (C=O) groups is 2. The summed E-state index contributed by atoms with van der Waals surface area (Å²) >= 11 is 0. The lowest BCUT2D eigenvalue weighted by Crippen LogP contribution is -2.43. The summed E-state index contributed by atoms with van der Waals surface area (Å²) in [5, 5.41) is 0. The number of hydrogen-bond acceptors (Lipinski definition) is 4. The summed E-state index contributed by atoms with van der Waals surface area (Å²) in [4.78, 5) is 23.8. The molecule has 0 saturated carbocycles. The summed E-state index contributed by atoms with van der Waals surface area (Å²) in [5.74, 6) is -1.36. The van der Waals surface area contributed by atoms with E-state index in [1.807, 2.05) is 13.8 Å². The quantitative estimate of drug-likeness (QED) is 0.486. The highest BCUT2D eigenvalue weighted by atomic mass is 16.5. The Bertz CT molecular complexity index is 258. The van der Waals surface area contributed by atoms with Gasteiger partial charge in [-0.05, 0) is 27.2 Å². The average Bonchev–Trinajstić information content (AvgIpc) is 2.28. The zero-order chi connectivity index (χ0) is 13.5. The van der Waals surface area contributed by atoms with Gasteiger partial charge >= 0.3 is 5.97 Å². The van der Waals surface area contributed by atoms with E-state index in [4.69, 9.17) is 4.74 Å². The van der Waals surface area contributed by atoms with E-state index in [2.05, 4.69) is 4.74 Å². The van der Waals surface area contributed by atoms with Gasteiger partial charge in [-0.25, -0.2) is 0 Å². The number of rotatable bonds is 8. The van der Waals surface area contributed by atoms with E-state index in [1.165, 1.54) is 7.11 Å². The summed E-state index contributed by atoms with van der Waals surface area (Å²) in [6.07, 6.45) is 2.29. The van der Waals surface area contributed by atoms with E-state index in [0.717, 1.165) is 12.8 Å². The molecule has 0 fully saturated rings. The van der Waals surface area contributed by atoms with Gasteiger partial charge in [0, 0.05) is 6.61 Å². The first-order valence-corrected chi connectivity index (χ1v) is 6.16. The lowest BCUT2D eigenvalue weighted by molar-refractivity contribution is -0.158. The minimum absolute atomic E-state index is 0.195. The number of methoxy groups -OCH3 is 1. The van der Waals surface area contributed by atoms with E-state index in [0.29, 0.717) is 13.0 Å². The third-order valence-corrected chi connectivity index (χ3v) is 2.75. The van der Waals surface area contributed by atoms with Crippen LogP contribution in [0.1, 0.15) is 47.0 Å². The molecule has 0 N–H and O–H groups in total. The highest BCUT2D eigenvalue weighted by Gasteiger charge is 2.38. The highest BCUT2D eigenvalue weighted by molar-refractivity contribution is 6.03. The minimum Gasteiger partial charge on any atom is -0.468 e. The minimum atomic E-state index is -0.929. The summed E-state index contributed by atoms with van der Waals surface area (Å²) < 4.78 is 10.1. The maximum atomic E-state index is 12.2. The van der Waals surface area contributed by atoms with Gasteiger partial charge < -0.3 is 9.47 Å². The lowest BCUT2D eigenvalue weighted by Gasteiger charge is -2.26. The fourth-order valence-electron chi connectivity index (χ4n) is 1.76. The third-order valence-electron chi connectivity index (χ3n) is 2.75. The molecule has 17 heavy (non-hydrogen) atoms. The van der Waals surface area contributed by atoms with E-state index >= 15 is 0 Å². The van der Waals surface area contributed by atoms with E-state index in [1.54, 1.807) is 13.8 Å². The Morgan fingerprint density at radius 3 is 2.24 bits per heavy atom. The normalized spacial score (nSPS) is 13.2. The van der Waals surface area contributed by atoms with Crippen molar-refractivity contribution in [3.05, 3.63) is 0 Å². The Balaban J connectivity index is 4.78. The zero-order valence-corrected chi connectivity index (χ0v) is 11.5. The Kier molecular flexibility index (Phi) is 7.04. The summed E-state index contributed by atoms with van der Waals surface area (Å²) in [6.45, 7) is 7.68. The predicted octanol–water partition coefficient (Wildman–Crippen LogP) is 2.35. The molecule has 4 heteroatoms. The van der Waals surface area contributed by atoms with Gasteiger partial charge in [0.15, 0.2) is 5.78 Å². The van der Waals surface area contributed by atoms with Crippen LogP contribution in [-0.4, -0.2) is 31.1 Å². The van der Waals surface area contributed by atoms with Gasteiger partial charge in [0.2, 0.25) is 0 Å². The Morgan fingerprint density at radius 1 is 1.24 bits per heavy atom. The maximum absolute atomic E-state index is 12.2. The fraction of sp³-hybridized carbons (Fsp3) is 0.846. The molecule has 0 saturated heterocycles. The molecule has 0 aromatic rings. The van der Waals surface area contributed by atoms with Crippen molar-refractivity contribution in [1.29, 1.82) is 0 Å². The molecule has 100 valence electrons. The maximum Gasteiger partial charge on any atom is 0.316 e. The third kappa shape index (κ3) is 4.86. The number of hydrogen-bond donors (Lipinski definition) is 0. The standard InChI is InChI=1S/C13H24O4/c1-6-8-9-10(12(15)16-5)11(14)13(3,4)17-7-2/h10H,6-9H2,1-5H3. The molecular weight excluding hydrogens is 220 g/mol. The first kappa shape index (κ1) is 16.1. The topological polar surface area (TPSA) is 52.6 Å². The van der Waals surface area contributed by atoms with Crippen molar-refractivity contribution in [2.75, 3.05) is 13.7 Å². The Hall–Kier alpha value is -0.900. The molecule has 0 aliphatic rings. The van der Waals surface area contributed by atoms with Gasteiger partial charge in [-0.3, -0.25) is 9.59 Å². The molecule has 0 aromatic heterocycles. The van der Waals surface area contributed by atoms with Gasteiger partial charge in [0.25, 0.3) is 0 Å². The number of unbranched alkanes of at least 4 members (excludes halogenated alkanes) is 1. The fourth-order valence-corrected chi connectivity index (χ4v) is 1.76. The summed E-state index contributed by atoms with van der Waals surface area (Å²) in [5.41, 5.74) is -0.929. The monoisotopic (exact) mass is 244 g/mol. The van der Waals surface area contributed by atoms with E-state index in [-0.39, 0.29) is 5.78 Å². The second-order valence-corrected chi connectivity index (χ2v) is 4.53. The molecule has 1 atom stereocenters. The Morgan fingerprint density at radius 2 is 1.82 bits per heavy atom. The van der Waals surface area contributed by atoms with Crippen molar-refractivity contribution < 1.29 is 19.1 Å². The Labute approximate surface area is 104 Å². The average molecular weight is 244 g/mol. The SMILES string of the molecule is CCCCC(C(=O)OC)C(=O)C(C)(C)OCC. The van der Waals surface area contributed by atoms with Gasteiger partial charge in [-0.15, -0.1) is 0 Å². The van der Waals surface area contributed by atoms with Crippen LogP contribution in [0.4, 0.5) is 0 Å². The van der Waals surface area contributed by atoms with Crippen LogP contribution in [0.15, 0.2) is 0 Å². The molecule has 0 heterocycles. The zero-order valence-electron chi connectivity index (χ0n) is 11.5. The van der Waals surface area contributed by atoms with Crippen LogP contribution in [0.25, 0.3) is 0 Å². The van der Waals surface area contributed by atoms with Crippen LogP contribution in [0.3, 0.4) is 0 Å². The van der Waals surface area contributed by atoms with Crippen LogP contribution < -0.4 is 0 Å². The van der Waals surface area contributed by atoms with Crippen LogP contribution >= 0.6 is 0 Å². The second-order valence-electron chi connectivity index (χ2n) is 4.53. The molecule has 0 aliphatic heterocycles. The second kappa shape index (κ2) is 7.43. The molecule has 4 nitrogen and oxygen atoms in total. The molecule has 1 unspecified atom stereocenters. The number of ether oxygens (including phenoxy) is 2. The summed E-state index contributed by atoms with van der Waals surface area (Å²) in [7, 11) is 1.31. The highest BCUT2D eigenvalue weighted by Crippen LogP contribution is 2.21. The summed E-state index contributed by atoms with van der Waals surface area (Å²) in [6, 6.07) is 0. The molecule has 0 rings (SSSR count). The van der Waals surface area contributed by atoms with Crippen molar-refractivity contribution in [1.82, 2.24) is 0 Å². The van der Waals surface area contributed by atoms with Gasteiger partial charge in [0.05, 0.1) is 7.11 Å². The lowest BCUT2D eigenvalue weighted by atomic mass is 9.88. The van der Waals surface area contributed by atoms with Crippen molar-refractivity contribution in [2.24, 2.45) is 5.92 Å². The molecule has 0 aliphatic carbocycles. The predicted molar refractivity (Wildman–Crippen MR) is 65.7 cm³/mol. The van der Waals surface area contributed by atoms with Gasteiger partial charge in [-0.2, -0.15) is 0 Å². The number of ketones is 1. The molecule has 0 bridgehead atoms. The number of carbonyl (C=O) groups excluding carboxylic acids is 2. The molecule has 0 spiro atoms. The molecule has 0 amide bonds. The first-order valence-electron chi connectivity index (χ1n) is 6.16. The largest absolute Gasteiger partial charge is 0.468 e. The molecular formula is C13H24O4. The van der Waals surface area contributed by atoms with Crippen LogP contribution in [0, 0.1) is 5.92 Å².